The molecular weight excluding hydrogens is 391 g/mol. The summed E-state index contributed by atoms with van der Waals surface area (Å²) in [5.41, 5.74) is 1.99. The van der Waals surface area contributed by atoms with E-state index in [9.17, 15) is 23.1 Å². The fourth-order valence-electron chi connectivity index (χ4n) is 3.17. The fraction of sp³-hybridized carbons (Fsp3) is 0.208. The fourth-order valence-corrected chi connectivity index (χ4v) is 3.17. The Hall–Kier alpha value is -3.12. The predicted octanol–water partition coefficient (Wildman–Crippen LogP) is 5.30. The third-order valence-electron chi connectivity index (χ3n) is 4.65. The van der Waals surface area contributed by atoms with Crippen LogP contribution >= 0.6 is 0 Å². The van der Waals surface area contributed by atoms with Crippen molar-refractivity contribution in [3.05, 3.63) is 94.3 Å². The van der Waals surface area contributed by atoms with Crippen molar-refractivity contribution >= 4 is 5.91 Å². The van der Waals surface area contributed by atoms with E-state index in [0.717, 1.165) is 17.7 Å². The number of amides is 1. The number of carbonyl (C=O) groups excluding carboxylic acids is 1. The number of halogens is 3. The zero-order valence-electron chi connectivity index (χ0n) is 16.8. The summed E-state index contributed by atoms with van der Waals surface area (Å²) in [5.74, 6) is -2.98. The molecular formula is C24H22F3NO2. The van der Waals surface area contributed by atoms with E-state index in [1.54, 1.807) is 32.9 Å². The molecule has 0 saturated heterocycles. The first-order valence-electron chi connectivity index (χ1n) is 9.51. The molecule has 0 radical (unpaired) electrons. The second kappa shape index (κ2) is 8.71. The molecule has 1 atom stereocenters. The Morgan fingerprint density at radius 2 is 1.60 bits per heavy atom. The van der Waals surface area contributed by atoms with Crippen molar-refractivity contribution in [3.63, 3.8) is 0 Å². The van der Waals surface area contributed by atoms with Gasteiger partial charge in [-0.3, -0.25) is 4.79 Å². The summed E-state index contributed by atoms with van der Waals surface area (Å²) in [6.07, 6.45) is -1.33. The second-order valence-electron chi connectivity index (χ2n) is 7.53. The minimum atomic E-state index is -1.33. The predicted molar refractivity (Wildman–Crippen MR) is 110 cm³/mol. The topological polar surface area (TPSA) is 49.3 Å². The number of hydrogen-bond donors (Lipinski definition) is 2. The van der Waals surface area contributed by atoms with Crippen LogP contribution in [-0.4, -0.2) is 17.1 Å². The van der Waals surface area contributed by atoms with E-state index < -0.39 is 29.5 Å². The SMILES string of the molecule is Cc1ccc(-c2cc(C(=O)NC(C)C)cc(C(O)c3ccc(F)c(F)c3)c2)c(F)c1. The van der Waals surface area contributed by atoms with E-state index in [4.69, 9.17) is 0 Å². The van der Waals surface area contributed by atoms with E-state index in [-0.39, 0.29) is 28.3 Å². The summed E-state index contributed by atoms with van der Waals surface area (Å²) in [6.45, 7) is 5.37. The van der Waals surface area contributed by atoms with Crippen LogP contribution in [0.25, 0.3) is 11.1 Å². The molecule has 0 aliphatic carbocycles. The molecule has 0 aromatic heterocycles. The maximum absolute atomic E-state index is 14.6. The van der Waals surface area contributed by atoms with E-state index in [2.05, 4.69) is 5.32 Å². The number of aryl methyl sites for hydroxylation is 1. The molecule has 0 saturated carbocycles. The van der Waals surface area contributed by atoms with Crippen molar-refractivity contribution in [1.29, 1.82) is 0 Å². The monoisotopic (exact) mass is 413 g/mol. The molecule has 2 N–H and O–H groups in total. The highest BCUT2D eigenvalue weighted by atomic mass is 19.2. The van der Waals surface area contributed by atoms with Crippen LogP contribution in [0.15, 0.2) is 54.6 Å². The zero-order chi connectivity index (χ0) is 22.0. The van der Waals surface area contributed by atoms with Crippen LogP contribution < -0.4 is 5.32 Å². The minimum absolute atomic E-state index is 0.116. The van der Waals surface area contributed by atoms with Gasteiger partial charge in [0.05, 0.1) is 0 Å². The van der Waals surface area contributed by atoms with E-state index in [1.165, 1.54) is 30.3 Å². The van der Waals surface area contributed by atoms with Gasteiger partial charge in [-0.25, -0.2) is 13.2 Å². The van der Waals surface area contributed by atoms with E-state index in [1.807, 2.05) is 0 Å². The molecule has 6 heteroatoms. The van der Waals surface area contributed by atoms with Crippen LogP contribution in [-0.2, 0) is 0 Å². The lowest BCUT2D eigenvalue weighted by atomic mass is 9.93. The number of aliphatic hydroxyl groups excluding tert-OH is 1. The van der Waals surface area contributed by atoms with E-state index in [0.29, 0.717) is 5.56 Å². The lowest BCUT2D eigenvalue weighted by Gasteiger charge is -2.17. The minimum Gasteiger partial charge on any atom is -0.384 e. The highest BCUT2D eigenvalue weighted by molar-refractivity contribution is 5.96. The van der Waals surface area contributed by atoms with Crippen molar-refractivity contribution in [2.75, 3.05) is 0 Å². The maximum Gasteiger partial charge on any atom is 0.251 e. The van der Waals surface area contributed by atoms with Gasteiger partial charge in [-0.1, -0.05) is 18.2 Å². The molecule has 0 aliphatic rings. The molecule has 0 heterocycles. The molecule has 0 fully saturated rings. The standard InChI is InChI=1S/C24H22F3NO2/c1-13(2)28-24(30)18-10-16(19-6-4-14(3)8-21(19)26)9-17(11-18)23(29)15-5-7-20(25)22(27)12-15/h4-13,23,29H,1-3H3,(H,28,30). The Kier molecular flexibility index (Phi) is 6.27. The summed E-state index contributed by atoms with van der Waals surface area (Å²) in [7, 11) is 0. The van der Waals surface area contributed by atoms with E-state index >= 15 is 0 Å². The van der Waals surface area contributed by atoms with Crippen molar-refractivity contribution in [2.45, 2.75) is 32.9 Å². The van der Waals surface area contributed by atoms with Crippen LogP contribution in [0.2, 0.25) is 0 Å². The average molecular weight is 413 g/mol. The smallest absolute Gasteiger partial charge is 0.251 e. The van der Waals surface area contributed by atoms with Crippen molar-refractivity contribution in [2.24, 2.45) is 0 Å². The van der Waals surface area contributed by atoms with Gasteiger partial charge in [-0.2, -0.15) is 0 Å². The molecule has 3 nitrogen and oxygen atoms in total. The number of carbonyl (C=O) groups is 1. The largest absolute Gasteiger partial charge is 0.384 e. The highest BCUT2D eigenvalue weighted by Crippen LogP contribution is 2.31. The van der Waals surface area contributed by atoms with Gasteiger partial charge >= 0.3 is 0 Å². The quantitative estimate of drug-likeness (QED) is 0.596. The molecule has 1 unspecified atom stereocenters. The first-order chi connectivity index (χ1) is 14.2. The summed E-state index contributed by atoms with van der Waals surface area (Å²) in [6, 6.07) is 12.2. The number of rotatable bonds is 5. The molecule has 1 amide bonds. The Morgan fingerprint density at radius 3 is 2.23 bits per heavy atom. The van der Waals surface area contributed by atoms with Crippen LogP contribution in [0.1, 0.15) is 47.0 Å². The number of aliphatic hydroxyl groups is 1. The van der Waals surface area contributed by atoms with Crippen LogP contribution in [0.4, 0.5) is 13.2 Å². The van der Waals surface area contributed by atoms with Crippen LogP contribution in [0.3, 0.4) is 0 Å². The van der Waals surface area contributed by atoms with Gasteiger partial charge in [0.25, 0.3) is 5.91 Å². The average Bonchev–Trinajstić information content (AvgIpc) is 2.68. The molecule has 30 heavy (non-hydrogen) atoms. The lowest BCUT2D eigenvalue weighted by molar-refractivity contribution is 0.0943. The van der Waals surface area contributed by atoms with Gasteiger partial charge < -0.3 is 10.4 Å². The van der Waals surface area contributed by atoms with Crippen LogP contribution in [0, 0.1) is 24.4 Å². The molecule has 156 valence electrons. The Bertz CT molecular complexity index is 1100. The van der Waals surface area contributed by atoms with Crippen molar-refractivity contribution in [1.82, 2.24) is 5.32 Å². The van der Waals surface area contributed by atoms with Crippen molar-refractivity contribution in [3.8, 4) is 11.1 Å². The molecule has 0 spiro atoms. The first kappa shape index (κ1) is 21.6. The Labute approximate surface area is 173 Å². The van der Waals surface area contributed by atoms with Crippen LogP contribution in [0.5, 0.6) is 0 Å². The second-order valence-corrected chi connectivity index (χ2v) is 7.53. The normalized spacial score (nSPS) is 12.1. The Morgan fingerprint density at radius 1 is 0.867 bits per heavy atom. The Balaban J connectivity index is 2.13. The summed E-state index contributed by atoms with van der Waals surface area (Å²) >= 11 is 0. The number of hydrogen-bond acceptors (Lipinski definition) is 2. The summed E-state index contributed by atoms with van der Waals surface area (Å²) < 4.78 is 41.5. The molecule has 3 aromatic rings. The third-order valence-corrected chi connectivity index (χ3v) is 4.65. The maximum atomic E-state index is 14.6. The van der Waals surface area contributed by atoms with Gasteiger partial charge in [-0.15, -0.1) is 0 Å². The van der Waals surface area contributed by atoms with Gasteiger partial charge in [0, 0.05) is 17.2 Å². The molecule has 3 aromatic carbocycles. The number of benzene rings is 3. The van der Waals surface area contributed by atoms with Gasteiger partial charge in [0.1, 0.15) is 11.9 Å². The molecule has 0 bridgehead atoms. The highest BCUT2D eigenvalue weighted by Gasteiger charge is 2.19. The lowest BCUT2D eigenvalue weighted by Crippen LogP contribution is -2.30. The summed E-state index contributed by atoms with van der Waals surface area (Å²) in [4.78, 5) is 12.6. The first-order valence-corrected chi connectivity index (χ1v) is 9.51. The van der Waals surface area contributed by atoms with Gasteiger partial charge in [0.15, 0.2) is 11.6 Å². The van der Waals surface area contributed by atoms with Gasteiger partial charge in [-0.05, 0) is 79.4 Å². The van der Waals surface area contributed by atoms with Crippen molar-refractivity contribution < 1.29 is 23.1 Å². The van der Waals surface area contributed by atoms with Gasteiger partial charge in [0.2, 0.25) is 0 Å². The third kappa shape index (κ3) is 4.71. The summed E-state index contributed by atoms with van der Waals surface area (Å²) in [5, 5.41) is 13.5. The number of nitrogens with one attached hydrogen (secondary N) is 1. The molecule has 0 aliphatic heterocycles. The molecule has 3 rings (SSSR count). The zero-order valence-corrected chi connectivity index (χ0v) is 16.8.